The molecule has 2 N–H and O–H groups in total. The van der Waals surface area contributed by atoms with Crippen molar-refractivity contribution in [1.82, 2.24) is 0 Å². The van der Waals surface area contributed by atoms with Crippen LogP contribution in [-0.4, -0.2) is 34.9 Å². The highest BCUT2D eigenvalue weighted by molar-refractivity contribution is 7.53. The molecule has 6 nitrogen and oxygen atoms in total. The smallest absolute Gasteiger partial charge is 0.335 e. The lowest BCUT2D eigenvalue weighted by Crippen LogP contribution is -2.17. The maximum Gasteiger partial charge on any atom is 0.335 e. The molecule has 0 saturated carbocycles. The minimum absolute atomic E-state index is 0.213. The van der Waals surface area contributed by atoms with Gasteiger partial charge in [0.1, 0.15) is 22.9 Å². The second-order valence-corrected chi connectivity index (χ2v) is 7.77. The van der Waals surface area contributed by atoms with Crippen LogP contribution in [0.5, 0.6) is 11.5 Å². The first-order valence-electron chi connectivity index (χ1n) is 7.77. The molecule has 1 atom stereocenters. The number of hydrogen-bond donors (Lipinski definition) is 2. The second-order valence-electron chi connectivity index (χ2n) is 5.56. The highest BCUT2D eigenvalue weighted by Crippen LogP contribution is 2.44. The van der Waals surface area contributed by atoms with Gasteiger partial charge in [0.05, 0.1) is 18.7 Å². The lowest BCUT2D eigenvalue weighted by atomic mass is 10.1. The Morgan fingerprint density at radius 3 is 2.46 bits per heavy atom. The van der Waals surface area contributed by atoms with E-state index in [1.807, 2.05) is 0 Å². The lowest BCUT2D eigenvalue weighted by Gasteiger charge is -2.15. The number of hydrogen-bond acceptors (Lipinski definition) is 4. The average Bonchev–Trinajstić information content (AvgIpc) is 2.49. The van der Waals surface area contributed by atoms with Crippen molar-refractivity contribution in [3.05, 3.63) is 23.2 Å². The van der Waals surface area contributed by atoms with Crippen LogP contribution in [0, 0.1) is 0 Å². The summed E-state index contributed by atoms with van der Waals surface area (Å²) in [6, 6.07) is 5.20. The Morgan fingerprint density at radius 2 is 1.92 bits per heavy atom. The van der Waals surface area contributed by atoms with E-state index in [0.29, 0.717) is 29.5 Å². The van der Waals surface area contributed by atoms with Gasteiger partial charge in [-0.1, -0.05) is 30.9 Å². The number of rotatable bonds is 11. The Kier molecular flexibility index (Phi) is 8.78. The molecule has 0 aliphatic carbocycles. The topological polar surface area (TPSA) is 93.1 Å². The SMILES string of the molecule is COc1ccc(OCCCCCCC(C(C)=O)P(=O)(O)O)c(Cl)c1. The minimum Gasteiger partial charge on any atom is -0.497 e. The molecule has 1 aromatic carbocycles. The summed E-state index contributed by atoms with van der Waals surface area (Å²) in [6.45, 7) is 1.72. The molecule has 0 aliphatic rings. The van der Waals surface area contributed by atoms with E-state index >= 15 is 0 Å². The third-order valence-corrected chi connectivity index (χ3v) is 5.37. The number of ketones is 1. The normalized spacial score (nSPS) is 12.7. The molecule has 0 heterocycles. The molecule has 0 saturated heterocycles. The molecule has 1 aromatic rings. The van der Waals surface area contributed by atoms with Crippen LogP contribution in [0.4, 0.5) is 0 Å². The van der Waals surface area contributed by atoms with Crippen LogP contribution in [0.25, 0.3) is 0 Å². The number of Topliss-reactive ketones (excluding diaryl/α,β-unsaturated/α-hetero) is 1. The zero-order valence-corrected chi connectivity index (χ0v) is 15.6. The molecule has 0 radical (unpaired) electrons. The van der Waals surface area contributed by atoms with Crippen LogP contribution >= 0.6 is 19.2 Å². The number of benzene rings is 1. The lowest BCUT2D eigenvalue weighted by molar-refractivity contribution is -0.117. The summed E-state index contributed by atoms with van der Waals surface area (Å²) in [4.78, 5) is 29.5. The van der Waals surface area contributed by atoms with Gasteiger partial charge in [0, 0.05) is 6.07 Å². The number of carbonyl (C=O) groups is 1. The summed E-state index contributed by atoms with van der Waals surface area (Å²) in [7, 11) is -2.78. The van der Waals surface area contributed by atoms with E-state index in [1.165, 1.54) is 6.92 Å². The zero-order chi connectivity index (χ0) is 18.2. The predicted molar refractivity (Wildman–Crippen MR) is 93.1 cm³/mol. The van der Waals surface area contributed by atoms with E-state index in [-0.39, 0.29) is 6.42 Å². The van der Waals surface area contributed by atoms with Crippen molar-refractivity contribution >= 4 is 25.0 Å². The van der Waals surface area contributed by atoms with Crippen molar-refractivity contribution in [3.8, 4) is 11.5 Å². The molecule has 1 unspecified atom stereocenters. The van der Waals surface area contributed by atoms with Crippen molar-refractivity contribution in [2.75, 3.05) is 13.7 Å². The van der Waals surface area contributed by atoms with Crippen LogP contribution in [0.15, 0.2) is 18.2 Å². The fourth-order valence-corrected chi connectivity index (χ4v) is 3.53. The van der Waals surface area contributed by atoms with Crippen molar-refractivity contribution in [2.24, 2.45) is 0 Å². The van der Waals surface area contributed by atoms with Gasteiger partial charge in [-0.05, 0) is 31.9 Å². The van der Waals surface area contributed by atoms with E-state index < -0.39 is 19.0 Å². The number of methoxy groups -OCH3 is 1. The van der Waals surface area contributed by atoms with Crippen molar-refractivity contribution in [1.29, 1.82) is 0 Å². The van der Waals surface area contributed by atoms with E-state index in [9.17, 15) is 9.36 Å². The Hall–Kier alpha value is -1.07. The summed E-state index contributed by atoms with van der Waals surface area (Å²) < 4.78 is 21.9. The highest BCUT2D eigenvalue weighted by Gasteiger charge is 2.31. The first kappa shape index (κ1) is 21.0. The van der Waals surface area contributed by atoms with Gasteiger partial charge in [-0.2, -0.15) is 0 Å². The molecular weight excluding hydrogens is 355 g/mol. The first-order valence-corrected chi connectivity index (χ1v) is 9.83. The molecule has 1 rings (SSSR count). The fraction of sp³-hybridized carbons (Fsp3) is 0.562. The van der Waals surface area contributed by atoms with Gasteiger partial charge in [-0.15, -0.1) is 0 Å². The van der Waals surface area contributed by atoms with Crippen LogP contribution < -0.4 is 9.47 Å². The van der Waals surface area contributed by atoms with E-state index in [2.05, 4.69) is 0 Å². The first-order chi connectivity index (χ1) is 11.3. The van der Waals surface area contributed by atoms with Crippen LogP contribution in [0.1, 0.15) is 39.0 Å². The van der Waals surface area contributed by atoms with Gasteiger partial charge in [0.25, 0.3) is 0 Å². The van der Waals surface area contributed by atoms with Crippen molar-refractivity contribution < 1.29 is 28.6 Å². The van der Waals surface area contributed by atoms with Crippen molar-refractivity contribution in [3.63, 3.8) is 0 Å². The summed E-state index contributed by atoms with van der Waals surface area (Å²) >= 11 is 6.07. The Balaban J connectivity index is 2.23. The number of carbonyl (C=O) groups excluding carboxylic acids is 1. The Bertz CT molecular complexity index is 586. The van der Waals surface area contributed by atoms with E-state index in [4.69, 9.17) is 30.9 Å². The van der Waals surface area contributed by atoms with Gasteiger partial charge in [-0.3, -0.25) is 9.36 Å². The summed E-state index contributed by atoms with van der Waals surface area (Å²) in [6.07, 6.45) is 3.23. The summed E-state index contributed by atoms with van der Waals surface area (Å²) in [5, 5.41) is 0.486. The fourth-order valence-electron chi connectivity index (χ4n) is 2.31. The third kappa shape index (κ3) is 7.22. The van der Waals surface area contributed by atoms with Gasteiger partial charge in [0.2, 0.25) is 0 Å². The molecule has 0 spiro atoms. The molecule has 0 bridgehead atoms. The third-order valence-electron chi connectivity index (χ3n) is 3.64. The maximum atomic E-state index is 11.3. The zero-order valence-electron chi connectivity index (χ0n) is 13.9. The predicted octanol–water partition coefficient (Wildman–Crippen LogP) is 3.81. The van der Waals surface area contributed by atoms with Gasteiger partial charge < -0.3 is 19.3 Å². The van der Waals surface area contributed by atoms with Crippen LogP contribution in [0.3, 0.4) is 0 Å². The quantitative estimate of drug-likeness (QED) is 0.449. The minimum atomic E-state index is -4.34. The molecule has 24 heavy (non-hydrogen) atoms. The van der Waals surface area contributed by atoms with Crippen LogP contribution in [-0.2, 0) is 9.36 Å². The number of unbranched alkanes of at least 4 members (excludes halogenated alkanes) is 3. The maximum absolute atomic E-state index is 11.3. The molecule has 0 aromatic heterocycles. The molecule has 0 fully saturated rings. The standard InChI is InChI=1S/C16H24ClO6P/c1-12(18)16(24(19,20)21)7-5-3-4-6-10-23-15-9-8-13(22-2)11-14(15)17/h8-9,11,16H,3-7,10H2,1-2H3,(H2,19,20,21). The summed E-state index contributed by atoms with van der Waals surface area (Å²) in [5.41, 5.74) is -1.17. The molecule has 136 valence electrons. The average molecular weight is 379 g/mol. The highest BCUT2D eigenvalue weighted by atomic mass is 35.5. The molecule has 8 heteroatoms. The Morgan fingerprint density at radius 1 is 1.25 bits per heavy atom. The van der Waals surface area contributed by atoms with E-state index in [0.717, 1.165) is 19.3 Å². The molecule has 0 aliphatic heterocycles. The van der Waals surface area contributed by atoms with Crippen LogP contribution in [0.2, 0.25) is 5.02 Å². The van der Waals surface area contributed by atoms with E-state index in [1.54, 1.807) is 25.3 Å². The van der Waals surface area contributed by atoms with Gasteiger partial charge in [-0.25, -0.2) is 0 Å². The number of halogens is 1. The monoisotopic (exact) mass is 378 g/mol. The molecular formula is C16H24ClO6P. The van der Waals surface area contributed by atoms with Gasteiger partial charge in [0.15, 0.2) is 0 Å². The Labute approximate surface area is 147 Å². The largest absolute Gasteiger partial charge is 0.497 e. The van der Waals surface area contributed by atoms with Crippen molar-refractivity contribution in [2.45, 2.75) is 44.7 Å². The second kappa shape index (κ2) is 10.0. The summed E-state index contributed by atoms with van der Waals surface area (Å²) in [5.74, 6) is 0.800. The number of ether oxygens (including phenoxy) is 2. The molecule has 0 amide bonds. The van der Waals surface area contributed by atoms with Gasteiger partial charge >= 0.3 is 7.60 Å².